The Morgan fingerprint density at radius 1 is 1.30 bits per heavy atom. The number of benzene rings is 1. The zero-order valence-corrected chi connectivity index (χ0v) is 13.1. The summed E-state index contributed by atoms with van der Waals surface area (Å²) in [6.45, 7) is 10.8. The van der Waals surface area contributed by atoms with Crippen molar-refractivity contribution < 1.29 is 14.6 Å². The maximum Gasteiger partial charge on any atom is 0.125 e. The first kappa shape index (κ1) is 15.3. The van der Waals surface area contributed by atoms with Crippen molar-refractivity contribution in [2.75, 3.05) is 6.61 Å². The lowest BCUT2D eigenvalue weighted by Gasteiger charge is -2.31. The highest BCUT2D eigenvalue weighted by atomic mass is 16.5. The van der Waals surface area contributed by atoms with Gasteiger partial charge in [-0.05, 0) is 47.1 Å². The van der Waals surface area contributed by atoms with Crippen LogP contribution in [-0.2, 0) is 4.74 Å². The number of hydrogen-bond acceptors (Lipinski definition) is 3. The summed E-state index contributed by atoms with van der Waals surface area (Å²) < 4.78 is 11.7. The SMILES string of the molecule is CCOc1ccccc1C(O)C1CC(C)(C)OC1(C)C. The smallest absolute Gasteiger partial charge is 0.125 e. The molecule has 1 fully saturated rings. The highest BCUT2D eigenvalue weighted by Gasteiger charge is 2.49. The van der Waals surface area contributed by atoms with Gasteiger partial charge in [-0.15, -0.1) is 0 Å². The summed E-state index contributed by atoms with van der Waals surface area (Å²) in [5.41, 5.74) is 0.312. The molecule has 0 aromatic heterocycles. The molecule has 1 aromatic rings. The molecule has 1 aliphatic rings. The normalized spacial score (nSPS) is 25.4. The van der Waals surface area contributed by atoms with Gasteiger partial charge in [0.05, 0.1) is 23.9 Å². The van der Waals surface area contributed by atoms with Gasteiger partial charge in [0.25, 0.3) is 0 Å². The van der Waals surface area contributed by atoms with E-state index >= 15 is 0 Å². The van der Waals surface area contributed by atoms with Crippen molar-refractivity contribution in [3.05, 3.63) is 29.8 Å². The summed E-state index contributed by atoms with van der Waals surface area (Å²) in [4.78, 5) is 0. The lowest BCUT2D eigenvalue weighted by Crippen LogP contribution is -2.32. The number of ether oxygens (including phenoxy) is 2. The molecule has 3 heteroatoms. The highest BCUT2D eigenvalue weighted by molar-refractivity contribution is 5.36. The van der Waals surface area contributed by atoms with Gasteiger partial charge in [0.15, 0.2) is 0 Å². The molecule has 1 saturated heterocycles. The van der Waals surface area contributed by atoms with Gasteiger partial charge in [-0.3, -0.25) is 0 Å². The summed E-state index contributed by atoms with van der Waals surface area (Å²) in [6, 6.07) is 7.73. The van der Waals surface area contributed by atoms with Gasteiger partial charge in [0.1, 0.15) is 5.75 Å². The van der Waals surface area contributed by atoms with E-state index in [0.717, 1.165) is 17.7 Å². The van der Waals surface area contributed by atoms with Crippen molar-refractivity contribution in [3.63, 3.8) is 0 Å². The lowest BCUT2D eigenvalue weighted by atomic mass is 9.80. The van der Waals surface area contributed by atoms with E-state index in [1.807, 2.05) is 31.2 Å². The molecule has 1 N–H and O–H groups in total. The van der Waals surface area contributed by atoms with Crippen LogP contribution in [0, 0.1) is 5.92 Å². The van der Waals surface area contributed by atoms with E-state index in [4.69, 9.17) is 9.47 Å². The second-order valence-corrected chi connectivity index (χ2v) is 6.69. The molecule has 1 aliphatic heterocycles. The minimum absolute atomic E-state index is 0.0547. The fraction of sp³-hybridized carbons (Fsp3) is 0.647. The second-order valence-electron chi connectivity index (χ2n) is 6.69. The van der Waals surface area contributed by atoms with E-state index < -0.39 is 6.10 Å². The molecule has 3 nitrogen and oxygen atoms in total. The number of para-hydroxylation sites is 1. The van der Waals surface area contributed by atoms with E-state index in [9.17, 15) is 5.11 Å². The highest BCUT2D eigenvalue weighted by Crippen LogP contribution is 2.48. The first-order valence-electron chi connectivity index (χ1n) is 7.37. The monoisotopic (exact) mass is 278 g/mol. The zero-order valence-electron chi connectivity index (χ0n) is 13.1. The molecule has 20 heavy (non-hydrogen) atoms. The van der Waals surface area contributed by atoms with E-state index in [2.05, 4.69) is 27.7 Å². The first-order chi connectivity index (χ1) is 9.27. The Balaban J connectivity index is 2.30. The van der Waals surface area contributed by atoms with Crippen molar-refractivity contribution in [3.8, 4) is 5.75 Å². The molecular formula is C17H26O3. The summed E-state index contributed by atoms with van der Waals surface area (Å²) >= 11 is 0. The van der Waals surface area contributed by atoms with Crippen LogP contribution in [-0.4, -0.2) is 22.9 Å². The molecule has 1 aromatic carbocycles. The summed E-state index contributed by atoms with van der Waals surface area (Å²) in [5.74, 6) is 0.821. The molecule has 1 heterocycles. The Hall–Kier alpha value is -1.06. The van der Waals surface area contributed by atoms with Gasteiger partial charge >= 0.3 is 0 Å². The Labute approximate surface area is 121 Å². The standard InChI is InChI=1S/C17H26O3/c1-6-19-14-10-8-7-9-12(14)15(18)13-11-16(2,3)20-17(13,4)5/h7-10,13,15,18H,6,11H2,1-5H3. The van der Waals surface area contributed by atoms with Crippen LogP contribution in [0.15, 0.2) is 24.3 Å². The Bertz CT molecular complexity index is 465. The van der Waals surface area contributed by atoms with Crippen LogP contribution < -0.4 is 4.74 Å². The van der Waals surface area contributed by atoms with Crippen molar-refractivity contribution >= 4 is 0 Å². The summed E-state index contributed by atoms with van der Waals surface area (Å²) in [7, 11) is 0. The molecule has 0 radical (unpaired) electrons. The minimum Gasteiger partial charge on any atom is -0.493 e. The van der Waals surface area contributed by atoms with Crippen LogP contribution in [0.4, 0.5) is 0 Å². The van der Waals surface area contributed by atoms with Crippen LogP contribution in [0.2, 0.25) is 0 Å². The average Bonchev–Trinajstić information content (AvgIpc) is 2.57. The van der Waals surface area contributed by atoms with Crippen LogP contribution >= 0.6 is 0 Å². The lowest BCUT2D eigenvalue weighted by molar-refractivity contribution is -0.0881. The van der Waals surface area contributed by atoms with Crippen molar-refractivity contribution in [1.82, 2.24) is 0 Å². The average molecular weight is 278 g/mol. The van der Waals surface area contributed by atoms with E-state index in [-0.39, 0.29) is 17.1 Å². The van der Waals surface area contributed by atoms with Gasteiger partial charge in [-0.25, -0.2) is 0 Å². The van der Waals surface area contributed by atoms with Gasteiger partial charge in [0.2, 0.25) is 0 Å². The van der Waals surface area contributed by atoms with E-state index in [1.54, 1.807) is 0 Å². The third kappa shape index (κ3) is 2.99. The minimum atomic E-state index is -0.575. The number of aliphatic hydroxyl groups excluding tert-OH is 1. The molecule has 0 aliphatic carbocycles. The predicted octanol–water partition coefficient (Wildman–Crippen LogP) is 3.71. The van der Waals surface area contributed by atoms with Gasteiger partial charge < -0.3 is 14.6 Å². The number of aliphatic hydroxyl groups is 1. The molecule has 2 unspecified atom stereocenters. The Morgan fingerprint density at radius 3 is 2.50 bits per heavy atom. The van der Waals surface area contributed by atoms with Crippen LogP contribution in [0.3, 0.4) is 0 Å². The molecule has 0 spiro atoms. The van der Waals surface area contributed by atoms with Crippen molar-refractivity contribution in [1.29, 1.82) is 0 Å². The fourth-order valence-corrected chi connectivity index (χ4v) is 3.33. The third-order valence-electron chi connectivity index (χ3n) is 4.06. The van der Waals surface area contributed by atoms with Gasteiger partial charge in [-0.2, -0.15) is 0 Å². The fourth-order valence-electron chi connectivity index (χ4n) is 3.33. The zero-order chi connectivity index (χ0) is 15.0. The summed E-state index contributed by atoms with van der Waals surface area (Å²) in [5, 5.41) is 10.8. The molecular weight excluding hydrogens is 252 g/mol. The Kier molecular flexibility index (Phi) is 4.12. The van der Waals surface area contributed by atoms with Gasteiger partial charge in [0, 0.05) is 11.5 Å². The maximum absolute atomic E-state index is 10.8. The molecule has 0 saturated carbocycles. The van der Waals surface area contributed by atoms with Gasteiger partial charge in [-0.1, -0.05) is 18.2 Å². The van der Waals surface area contributed by atoms with Crippen LogP contribution in [0.25, 0.3) is 0 Å². The first-order valence-corrected chi connectivity index (χ1v) is 7.37. The molecule has 2 atom stereocenters. The van der Waals surface area contributed by atoms with E-state index in [0.29, 0.717) is 6.61 Å². The van der Waals surface area contributed by atoms with E-state index in [1.165, 1.54) is 0 Å². The second kappa shape index (κ2) is 5.38. The Morgan fingerprint density at radius 2 is 1.95 bits per heavy atom. The maximum atomic E-state index is 10.8. The number of rotatable bonds is 4. The quantitative estimate of drug-likeness (QED) is 0.912. The van der Waals surface area contributed by atoms with Crippen molar-refractivity contribution in [2.45, 2.75) is 58.3 Å². The third-order valence-corrected chi connectivity index (χ3v) is 4.06. The summed E-state index contributed by atoms with van der Waals surface area (Å²) in [6.07, 6.45) is 0.260. The molecule has 0 bridgehead atoms. The number of hydrogen-bond donors (Lipinski definition) is 1. The predicted molar refractivity (Wildman–Crippen MR) is 79.9 cm³/mol. The molecule has 2 rings (SSSR count). The van der Waals surface area contributed by atoms with Crippen LogP contribution in [0.1, 0.15) is 52.7 Å². The molecule has 0 amide bonds. The van der Waals surface area contributed by atoms with Crippen molar-refractivity contribution in [2.24, 2.45) is 5.92 Å². The van der Waals surface area contributed by atoms with Crippen LogP contribution in [0.5, 0.6) is 5.75 Å². The topological polar surface area (TPSA) is 38.7 Å². The largest absolute Gasteiger partial charge is 0.493 e. The molecule has 112 valence electrons.